The van der Waals surface area contributed by atoms with Crippen LogP contribution in [0.2, 0.25) is 0 Å². The Morgan fingerprint density at radius 2 is 1.97 bits per heavy atom. The van der Waals surface area contributed by atoms with Gasteiger partial charge in [0, 0.05) is 57.1 Å². The molecule has 0 saturated carbocycles. The number of piperazine rings is 1. The molecule has 2 N–H and O–H groups in total. The minimum absolute atomic E-state index is 0.814. The smallest absolute Gasteiger partial charge is 0.194 e. The number of nitrogens with one attached hydrogen (secondary N) is 2. The number of H-pyrrole nitrogens is 1. The largest absolute Gasteiger partial charge is 0.497 e. The van der Waals surface area contributed by atoms with E-state index < -0.39 is 0 Å². The lowest BCUT2D eigenvalue weighted by Gasteiger charge is -2.36. The lowest BCUT2D eigenvalue weighted by Crippen LogP contribution is -2.52. The van der Waals surface area contributed by atoms with E-state index in [2.05, 4.69) is 45.2 Å². The average molecular weight is 429 g/mol. The number of nitrogens with zero attached hydrogens (tertiary/aromatic N) is 4. The first-order valence-electron chi connectivity index (χ1n) is 11.1. The summed E-state index contributed by atoms with van der Waals surface area (Å²) in [7, 11) is 3.42. The van der Waals surface area contributed by atoms with Crippen molar-refractivity contribution in [2.24, 2.45) is 4.99 Å². The molecule has 0 amide bonds. The molecule has 1 fully saturated rings. The molecule has 0 unspecified atom stereocenters. The van der Waals surface area contributed by atoms with Crippen molar-refractivity contribution in [2.75, 3.05) is 53.5 Å². The summed E-state index contributed by atoms with van der Waals surface area (Å²) in [6.07, 6.45) is 3.94. The number of hydrogen-bond donors (Lipinski definition) is 2. The van der Waals surface area contributed by atoms with E-state index in [9.17, 15) is 0 Å². The van der Waals surface area contributed by atoms with Gasteiger partial charge in [0.25, 0.3) is 0 Å². The van der Waals surface area contributed by atoms with Gasteiger partial charge < -0.3 is 19.7 Å². The highest BCUT2D eigenvalue weighted by molar-refractivity contribution is 5.80. The maximum Gasteiger partial charge on any atom is 0.194 e. The van der Waals surface area contributed by atoms with Gasteiger partial charge in [0.15, 0.2) is 5.96 Å². The molecule has 2 heterocycles. The quantitative estimate of drug-likeness (QED) is 0.363. The minimum atomic E-state index is 0.814. The summed E-state index contributed by atoms with van der Waals surface area (Å²) in [5, 5.41) is 10.6. The van der Waals surface area contributed by atoms with Crippen LogP contribution >= 0.6 is 0 Å². The number of aryl methyl sites for hydroxylation is 2. The number of methoxy groups -OCH3 is 2. The van der Waals surface area contributed by atoms with Crippen molar-refractivity contribution >= 4 is 5.96 Å². The lowest BCUT2D eigenvalue weighted by atomic mass is 10.1. The highest BCUT2D eigenvalue weighted by atomic mass is 16.5. The van der Waals surface area contributed by atoms with Gasteiger partial charge >= 0.3 is 0 Å². The van der Waals surface area contributed by atoms with Gasteiger partial charge in [0.2, 0.25) is 0 Å². The normalized spacial score (nSPS) is 15.2. The van der Waals surface area contributed by atoms with Crippen molar-refractivity contribution in [3.05, 3.63) is 41.2 Å². The van der Waals surface area contributed by atoms with Gasteiger partial charge in [-0.1, -0.05) is 0 Å². The topological polar surface area (TPSA) is 78.0 Å². The summed E-state index contributed by atoms with van der Waals surface area (Å²) < 4.78 is 10.9. The summed E-state index contributed by atoms with van der Waals surface area (Å²) in [5.74, 6) is 2.79. The highest BCUT2D eigenvalue weighted by Gasteiger charge is 2.20. The van der Waals surface area contributed by atoms with E-state index in [1.165, 1.54) is 5.56 Å². The third-order valence-electron chi connectivity index (χ3n) is 5.69. The fourth-order valence-corrected chi connectivity index (χ4v) is 3.87. The molecule has 1 aromatic carbocycles. The number of rotatable bonds is 9. The molecule has 1 aromatic heterocycles. The molecule has 0 spiro atoms. The summed E-state index contributed by atoms with van der Waals surface area (Å²) in [4.78, 5) is 9.70. The van der Waals surface area contributed by atoms with Crippen molar-refractivity contribution in [3.8, 4) is 11.5 Å². The Morgan fingerprint density at radius 1 is 1.16 bits per heavy atom. The minimum Gasteiger partial charge on any atom is -0.497 e. The SMILES string of the molecule is CCNC(=NCCCc1cn[nH]c1C)N1CCN(Cc2cc(OC)ccc2OC)CC1. The fourth-order valence-electron chi connectivity index (χ4n) is 3.87. The van der Waals surface area contributed by atoms with E-state index in [0.29, 0.717) is 0 Å². The molecule has 1 saturated heterocycles. The molecular formula is C23H36N6O2. The van der Waals surface area contributed by atoms with Crippen molar-refractivity contribution in [2.45, 2.75) is 33.2 Å². The highest BCUT2D eigenvalue weighted by Crippen LogP contribution is 2.25. The summed E-state index contributed by atoms with van der Waals surface area (Å²) in [5.41, 5.74) is 3.59. The molecule has 1 aliphatic rings. The second-order valence-corrected chi connectivity index (χ2v) is 7.80. The van der Waals surface area contributed by atoms with Crippen molar-refractivity contribution < 1.29 is 9.47 Å². The van der Waals surface area contributed by atoms with Crippen LogP contribution in [0.3, 0.4) is 0 Å². The molecule has 31 heavy (non-hydrogen) atoms. The summed E-state index contributed by atoms with van der Waals surface area (Å²) >= 11 is 0. The van der Waals surface area contributed by atoms with E-state index in [-0.39, 0.29) is 0 Å². The Morgan fingerprint density at radius 3 is 2.61 bits per heavy atom. The van der Waals surface area contributed by atoms with E-state index in [1.807, 2.05) is 18.3 Å². The predicted octanol–water partition coefficient (Wildman–Crippen LogP) is 2.45. The first-order valence-corrected chi connectivity index (χ1v) is 11.1. The van der Waals surface area contributed by atoms with Gasteiger partial charge in [-0.2, -0.15) is 5.10 Å². The van der Waals surface area contributed by atoms with Crippen LogP contribution in [0.25, 0.3) is 0 Å². The molecule has 3 rings (SSSR count). The first-order chi connectivity index (χ1) is 15.1. The van der Waals surface area contributed by atoms with Crippen molar-refractivity contribution in [3.63, 3.8) is 0 Å². The van der Waals surface area contributed by atoms with E-state index >= 15 is 0 Å². The van der Waals surface area contributed by atoms with Crippen LogP contribution < -0.4 is 14.8 Å². The van der Waals surface area contributed by atoms with Crippen LogP contribution in [-0.4, -0.2) is 79.4 Å². The lowest BCUT2D eigenvalue weighted by molar-refractivity contribution is 0.171. The van der Waals surface area contributed by atoms with Gasteiger partial charge in [0.05, 0.1) is 20.4 Å². The summed E-state index contributed by atoms with van der Waals surface area (Å²) in [6, 6.07) is 5.98. The molecule has 0 aliphatic carbocycles. The number of guanidine groups is 1. The maximum absolute atomic E-state index is 5.54. The number of benzene rings is 1. The van der Waals surface area contributed by atoms with Crippen molar-refractivity contribution in [1.29, 1.82) is 0 Å². The van der Waals surface area contributed by atoms with Gasteiger partial charge in [-0.3, -0.25) is 15.0 Å². The molecule has 0 radical (unpaired) electrons. The van der Waals surface area contributed by atoms with Crippen LogP contribution in [0.5, 0.6) is 11.5 Å². The van der Waals surface area contributed by atoms with Crippen LogP contribution in [-0.2, 0) is 13.0 Å². The standard InChI is InChI=1S/C23H36N6O2/c1-5-24-23(25-10-6-7-19-16-26-27-18(19)2)29-13-11-28(12-14-29)17-20-15-21(30-3)8-9-22(20)31-4/h8-9,15-16H,5-7,10-14,17H2,1-4H3,(H,24,25)(H,26,27). The Bertz CT molecular complexity index is 842. The monoisotopic (exact) mass is 428 g/mol. The third kappa shape index (κ3) is 6.37. The zero-order valence-corrected chi connectivity index (χ0v) is 19.3. The maximum atomic E-state index is 5.54. The van der Waals surface area contributed by atoms with Gasteiger partial charge in [0.1, 0.15) is 11.5 Å². The zero-order valence-electron chi connectivity index (χ0n) is 19.3. The van der Waals surface area contributed by atoms with Crippen molar-refractivity contribution in [1.82, 2.24) is 25.3 Å². The Labute approximate surface area is 185 Å². The Balaban J connectivity index is 1.52. The molecule has 170 valence electrons. The molecule has 8 nitrogen and oxygen atoms in total. The molecule has 0 atom stereocenters. The summed E-state index contributed by atoms with van der Waals surface area (Å²) in [6.45, 7) is 10.6. The average Bonchev–Trinajstić information content (AvgIpc) is 3.21. The van der Waals surface area contributed by atoms with E-state index in [4.69, 9.17) is 14.5 Å². The molecule has 0 bridgehead atoms. The van der Waals surface area contributed by atoms with Gasteiger partial charge in [-0.05, 0) is 50.5 Å². The number of aromatic nitrogens is 2. The molecular weight excluding hydrogens is 392 g/mol. The van der Waals surface area contributed by atoms with E-state index in [1.54, 1.807) is 14.2 Å². The third-order valence-corrected chi connectivity index (χ3v) is 5.69. The number of ether oxygens (including phenoxy) is 2. The van der Waals surface area contributed by atoms with Crippen LogP contribution in [0.4, 0.5) is 0 Å². The van der Waals surface area contributed by atoms with Crippen LogP contribution in [0, 0.1) is 6.92 Å². The Kier molecular flexibility index (Phi) is 8.58. The van der Waals surface area contributed by atoms with Gasteiger partial charge in [-0.25, -0.2) is 0 Å². The number of aromatic amines is 1. The number of hydrogen-bond acceptors (Lipinski definition) is 5. The number of aliphatic imine (C=N–C) groups is 1. The van der Waals surface area contributed by atoms with Crippen LogP contribution in [0.1, 0.15) is 30.2 Å². The molecule has 2 aromatic rings. The first kappa shape index (κ1) is 22.9. The van der Waals surface area contributed by atoms with Crippen LogP contribution in [0.15, 0.2) is 29.4 Å². The second kappa shape index (κ2) is 11.6. The second-order valence-electron chi connectivity index (χ2n) is 7.80. The Hall–Kier alpha value is -2.74. The molecule has 1 aliphatic heterocycles. The van der Waals surface area contributed by atoms with Gasteiger partial charge in [-0.15, -0.1) is 0 Å². The molecule has 8 heteroatoms. The van der Waals surface area contributed by atoms with E-state index in [0.717, 1.165) is 87.4 Å². The predicted molar refractivity (Wildman–Crippen MR) is 124 cm³/mol. The fraction of sp³-hybridized carbons (Fsp3) is 0.565. The zero-order chi connectivity index (χ0) is 22.1.